The van der Waals surface area contributed by atoms with Crippen molar-refractivity contribution in [3.8, 4) is 0 Å². The Hall–Kier alpha value is -1.64. The van der Waals surface area contributed by atoms with Crippen molar-refractivity contribution in [2.45, 2.75) is 96.2 Å². The van der Waals surface area contributed by atoms with Gasteiger partial charge >= 0.3 is 0 Å². The van der Waals surface area contributed by atoms with Crippen molar-refractivity contribution in [3.63, 3.8) is 0 Å². The maximum atomic E-state index is 10.4. The molecule has 27 heavy (non-hydrogen) atoms. The monoisotopic (exact) mass is 390 g/mol. The van der Waals surface area contributed by atoms with Crippen molar-refractivity contribution in [1.29, 1.82) is 0 Å². The van der Waals surface area contributed by atoms with Crippen molar-refractivity contribution in [1.82, 2.24) is 0 Å². The number of rotatable bonds is 17. The highest BCUT2D eigenvalue weighted by Crippen LogP contribution is 2.31. The molecule has 9 heteroatoms. The molecule has 0 N–H and O–H groups in total. The Morgan fingerprint density at radius 2 is 1.37 bits per heavy atom. The quantitative estimate of drug-likeness (QED) is 0.204. The summed E-state index contributed by atoms with van der Waals surface area (Å²) in [5.74, 6) is 0.111. The third-order valence-electron chi connectivity index (χ3n) is 5.10. The summed E-state index contributed by atoms with van der Waals surface area (Å²) in [4.78, 5) is 29.6. The third-order valence-corrected chi connectivity index (χ3v) is 5.10. The van der Waals surface area contributed by atoms with Crippen LogP contribution in [0.1, 0.15) is 84.0 Å². The highest BCUT2D eigenvalue weighted by Gasteiger charge is 2.35. The molecule has 0 saturated carbocycles. The summed E-state index contributed by atoms with van der Waals surface area (Å²) in [5, 5.41) is 19.1. The summed E-state index contributed by atoms with van der Waals surface area (Å²) < 4.78 is 5.66. The van der Waals surface area contributed by atoms with E-state index in [0.29, 0.717) is 6.42 Å². The summed E-state index contributed by atoms with van der Waals surface area (Å²) in [7, 11) is 0. The van der Waals surface area contributed by atoms with Gasteiger partial charge in [-0.25, -0.2) is 0 Å². The summed E-state index contributed by atoms with van der Waals surface area (Å²) in [6.45, 7) is 1.95. The fourth-order valence-electron chi connectivity index (χ4n) is 3.66. The van der Waals surface area contributed by atoms with Crippen LogP contribution in [-0.4, -0.2) is 35.6 Å². The molecule has 9 nitrogen and oxygen atoms in total. The standard InChI is InChI=1S/C18H34N2O7/c1-2-3-4-5-6-7-8-9-10-11-12-16-13-17(14-25-19(21)22)27-18(16)15-26-20(23)24/h16-18H,2-15H2,1H3. The van der Waals surface area contributed by atoms with Crippen molar-refractivity contribution in [2.24, 2.45) is 5.92 Å². The molecule has 0 amide bonds. The molecule has 1 aliphatic heterocycles. The van der Waals surface area contributed by atoms with Gasteiger partial charge in [0.25, 0.3) is 10.2 Å². The average Bonchev–Trinajstić information content (AvgIpc) is 3.02. The van der Waals surface area contributed by atoms with Crippen molar-refractivity contribution in [2.75, 3.05) is 13.2 Å². The van der Waals surface area contributed by atoms with E-state index in [1.165, 1.54) is 51.4 Å². The van der Waals surface area contributed by atoms with Gasteiger partial charge in [-0.05, 0) is 18.8 Å². The normalized spacial score (nSPS) is 21.9. The molecule has 0 aromatic heterocycles. The molecule has 1 fully saturated rings. The van der Waals surface area contributed by atoms with Gasteiger partial charge in [0.2, 0.25) is 0 Å². The van der Waals surface area contributed by atoms with Crippen LogP contribution in [-0.2, 0) is 14.4 Å². The molecule has 1 rings (SSSR count). The first kappa shape index (κ1) is 23.4. The Bertz CT molecular complexity index is 423. The SMILES string of the molecule is CCCCCCCCCCCCC1CC(CO[N+](=O)[O-])OC1CO[N+](=O)[O-]. The van der Waals surface area contributed by atoms with Gasteiger partial charge < -0.3 is 14.4 Å². The van der Waals surface area contributed by atoms with Gasteiger partial charge in [-0.1, -0.05) is 71.1 Å². The highest BCUT2D eigenvalue weighted by atomic mass is 17.0. The van der Waals surface area contributed by atoms with Gasteiger partial charge in [-0.15, -0.1) is 20.2 Å². The van der Waals surface area contributed by atoms with E-state index in [4.69, 9.17) is 4.74 Å². The first-order valence-electron chi connectivity index (χ1n) is 10.2. The van der Waals surface area contributed by atoms with Gasteiger partial charge in [-0.2, -0.15) is 0 Å². The summed E-state index contributed by atoms with van der Waals surface area (Å²) in [6, 6.07) is 0. The lowest BCUT2D eigenvalue weighted by Crippen LogP contribution is -2.25. The molecular formula is C18H34N2O7. The van der Waals surface area contributed by atoms with E-state index >= 15 is 0 Å². The number of unbranched alkanes of at least 4 members (excludes halogenated alkanes) is 9. The van der Waals surface area contributed by atoms with Crippen LogP contribution in [0.2, 0.25) is 0 Å². The van der Waals surface area contributed by atoms with E-state index in [0.717, 1.165) is 19.3 Å². The smallest absolute Gasteiger partial charge is 0.294 e. The molecule has 0 aliphatic carbocycles. The minimum absolute atomic E-state index is 0.111. The molecule has 1 aliphatic rings. The predicted molar refractivity (Wildman–Crippen MR) is 99.1 cm³/mol. The van der Waals surface area contributed by atoms with Crippen LogP contribution < -0.4 is 0 Å². The Balaban J connectivity index is 2.18. The lowest BCUT2D eigenvalue weighted by atomic mass is 9.93. The van der Waals surface area contributed by atoms with Crippen LogP contribution in [0.5, 0.6) is 0 Å². The minimum atomic E-state index is -0.846. The lowest BCUT2D eigenvalue weighted by molar-refractivity contribution is -0.761. The van der Waals surface area contributed by atoms with Gasteiger partial charge in [0.1, 0.15) is 13.2 Å². The summed E-state index contributed by atoms with van der Waals surface area (Å²) in [5.41, 5.74) is 0. The first-order chi connectivity index (χ1) is 13.0. The number of hydrogen-bond donors (Lipinski definition) is 0. The topological polar surface area (TPSA) is 114 Å². The van der Waals surface area contributed by atoms with Crippen LogP contribution in [0.25, 0.3) is 0 Å². The van der Waals surface area contributed by atoms with Gasteiger partial charge in [-0.3, -0.25) is 0 Å². The lowest BCUT2D eigenvalue weighted by Gasteiger charge is -2.17. The molecule has 0 spiro atoms. The largest absolute Gasteiger partial charge is 0.371 e. The molecule has 1 heterocycles. The van der Waals surface area contributed by atoms with Crippen LogP contribution in [0.15, 0.2) is 0 Å². The van der Waals surface area contributed by atoms with E-state index in [2.05, 4.69) is 16.6 Å². The molecule has 0 bridgehead atoms. The van der Waals surface area contributed by atoms with E-state index in [-0.39, 0.29) is 19.1 Å². The predicted octanol–water partition coefficient (Wildman–Crippen LogP) is 4.49. The third kappa shape index (κ3) is 11.6. The maximum Gasteiger partial charge on any atom is 0.294 e. The Morgan fingerprint density at radius 3 is 1.93 bits per heavy atom. The van der Waals surface area contributed by atoms with Crippen molar-refractivity contribution >= 4 is 0 Å². The van der Waals surface area contributed by atoms with Gasteiger partial charge in [0.15, 0.2) is 0 Å². The first-order valence-corrected chi connectivity index (χ1v) is 10.2. The molecule has 0 aromatic carbocycles. The second kappa shape index (κ2) is 14.4. The van der Waals surface area contributed by atoms with Gasteiger partial charge in [0, 0.05) is 0 Å². The van der Waals surface area contributed by atoms with Crippen LogP contribution in [0, 0.1) is 26.1 Å². The molecule has 0 aromatic rings. The molecular weight excluding hydrogens is 356 g/mol. The van der Waals surface area contributed by atoms with E-state index in [1.54, 1.807) is 0 Å². The minimum Gasteiger partial charge on any atom is -0.371 e. The van der Waals surface area contributed by atoms with Crippen LogP contribution in [0.3, 0.4) is 0 Å². The summed E-state index contributed by atoms with van der Waals surface area (Å²) in [6.07, 6.45) is 13.2. The second-order valence-electron chi connectivity index (χ2n) is 7.30. The zero-order valence-electron chi connectivity index (χ0n) is 16.4. The van der Waals surface area contributed by atoms with E-state index < -0.39 is 22.4 Å². The average molecular weight is 390 g/mol. The molecule has 158 valence electrons. The van der Waals surface area contributed by atoms with Gasteiger partial charge in [0.05, 0.1) is 12.2 Å². The number of hydrogen-bond acceptors (Lipinski definition) is 7. The molecule has 0 radical (unpaired) electrons. The molecule has 1 saturated heterocycles. The van der Waals surface area contributed by atoms with Crippen molar-refractivity contribution in [3.05, 3.63) is 20.2 Å². The molecule has 3 unspecified atom stereocenters. The Kier molecular flexibility index (Phi) is 12.5. The Morgan fingerprint density at radius 1 is 0.852 bits per heavy atom. The maximum absolute atomic E-state index is 10.4. The number of nitrogens with zero attached hydrogens (tertiary/aromatic N) is 2. The zero-order chi connectivity index (χ0) is 19.9. The molecule has 3 atom stereocenters. The van der Waals surface area contributed by atoms with Crippen LogP contribution in [0.4, 0.5) is 0 Å². The van der Waals surface area contributed by atoms with E-state index in [1.807, 2.05) is 0 Å². The van der Waals surface area contributed by atoms with Crippen LogP contribution >= 0.6 is 0 Å². The highest BCUT2D eigenvalue weighted by molar-refractivity contribution is 4.82. The van der Waals surface area contributed by atoms with Crippen molar-refractivity contribution < 1.29 is 24.6 Å². The summed E-state index contributed by atoms with van der Waals surface area (Å²) >= 11 is 0. The zero-order valence-corrected chi connectivity index (χ0v) is 16.4. The fourth-order valence-corrected chi connectivity index (χ4v) is 3.66. The Labute approximate surface area is 160 Å². The second-order valence-corrected chi connectivity index (χ2v) is 7.30. The van der Waals surface area contributed by atoms with E-state index in [9.17, 15) is 20.2 Å². The fraction of sp³-hybridized carbons (Fsp3) is 1.00. The number of ether oxygens (including phenoxy) is 1.